The van der Waals surface area contributed by atoms with Crippen molar-refractivity contribution in [2.45, 2.75) is 52.0 Å². The monoisotopic (exact) mass is 212 g/mol. The van der Waals surface area contributed by atoms with Crippen LogP contribution < -0.4 is 5.32 Å². The van der Waals surface area contributed by atoms with Crippen molar-refractivity contribution in [1.82, 2.24) is 10.2 Å². The normalized spacial score (nSPS) is 18.2. The highest BCUT2D eigenvalue weighted by Gasteiger charge is 2.19. The van der Waals surface area contributed by atoms with E-state index in [9.17, 15) is 0 Å². The smallest absolute Gasteiger partial charge is 0.0123 e. The van der Waals surface area contributed by atoms with E-state index in [1.54, 1.807) is 0 Å². The first-order valence-corrected chi connectivity index (χ1v) is 6.47. The van der Waals surface area contributed by atoms with Gasteiger partial charge >= 0.3 is 0 Å². The van der Waals surface area contributed by atoms with Crippen LogP contribution in [0.25, 0.3) is 0 Å². The van der Waals surface area contributed by atoms with Crippen LogP contribution in [0.2, 0.25) is 0 Å². The van der Waals surface area contributed by atoms with Gasteiger partial charge in [-0.25, -0.2) is 0 Å². The number of likely N-dealkylation sites (N-methyl/N-ethyl adjacent to an activating group) is 1. The van der Waals surface area contributed by atoms with E-state index < -0.39 is 0 Å². The molecule has 0 unspecified atom stereocenters. The van der Waals surface area contributed by atoms with Gasteiger partial charge in [-0.3, -0.25) is 0 Å². The molecule has 0 spiro atoms. The van der Waals surface area contributed by atoms with E-state index >= 15 is 0 Å². The summed E-state index contributed by atoms with van der Waals surface area (Å²) < 4.78 is 0. The molecular weight excluding hydrogens is 184 g/mol. The lowest BCUT2D eigenvalue weighted by Crippen LogP contribution is -2.43. The largest absolute Gasteiger partial charge is 0.311 e. The highest BCUT2D eigenvalue weighted by Crippen LogP contribution is 2.26. The molecule has 1 aliphatic rings. The van der Waals surface area contributed by atoms with Gasteiger partial charge in [0.25, 0.3) is 0 Å². The molecule has 90 valence electrons. The molecule has 1 fully saturated rings. The molecule has 1 saturated carbocycles. The number of rotatable bonds is 7. The predicted octanol–water partition coefficient (Wildman–Crippen LogP) is 2.50. The van der Waals surface area contributed by atoms with Gasteiger partial charge in [0.1, 0.15) is 0 Å². The van der Waals surface area contributed by atoms with Crippen LogP contribution in [0.3, 0.4) is 0 Å². The van der Waals surface area contributed by atoms with Crippen LogP contribution in [0, 0.1) is 5.92 Å². The number of nitrogens with zero attached hydrogens (tertiary/aromatic N) is 1. The molecule has 1 N–H and O–H groups in total. The van der Waals surface area contributed by atoms with Crippen LogP contribution in [0.1, 0.15) is 46.5 Å². The first-order valence-electron chi connectivity index (χ1n) is 6.47. The fourth-order valence-corrected chi connectivity index (χ4v) is 1.92. The second kappa shape index (κ2) is 5.86. The van der Waals surface area contributed by atoms with E-state index in [2.05, 4.69) is 38.0 Å². The maximum absolute atomic E-state index is 3.61. The molecule has 2 nitrogen and oxygen atoms in total. The van der Waals surface area contributed by atoms with Crippen molar-refractivity contribution in [2.75, 3.05) is 26.7 Å². The quantitative estimate of drug-likeness (QED) is 0.697. The van der Waals surface area contributed by atoms with E-state index in [1.165, 1.54) is 38.8 Å². The third-order valence-corrected chi connectivity index (χ3v) is 3.78. The molecule has 2 heteroatoms. The number of nitrogens with one attached hydrogen (secondary N) is 1. The minimum Gasteiger partial charge on any atom is -0.311 e. The van der Waals surface area contributed by atoms with Gasteiger partial charge in [0.2, 0.25) is 0 Å². The summed E-state index contributed by atoms with van der Waals surface area (Å²) >= 11 is 0. The fraction of sp³-hybridized carbons (Fsp3) is 1.00. The molecular formula is C13H28N2. The van der Waals surface area contributed by atoms with Crippen molar-refractivity contribution in [3.63, 3.8) is 0 Å². The molecule has 0 bridgehead atoms. The summed E-state index contributed by atoms with van der Waals surface area (Å²) in [5.74, 6) is 0.995. The molecule has 15 heavy (non-hydrogen) atoms. The van der Waals surface area contributed by atoms with E-state index in [-0.39, 0.29) is 0 Å². The Morgan fingerprint density at radius 2 is 2.00 bits per heavy atom. The molecule has 0 atom stereocenters. The molecule has 0 radical (unpaired) electrons. The van der Waals surface area contributed by atoms with Gasteiger partial charge in [-0.1, -0.05) is 13.3 Å². The zero-order valence-electron chi connectivity index (χ0n) is 11.0. The Balaban J connectivity index is 2.03. The molecule has 1 rings (SSSR count). The molecule has 0 heterocycles. The maximum atomic E-state index is 3.61. The van der Waals surface area contributed by atoms with Crippen LogP contribution in [0.4, 0.5) is 0 Å². The van der Waals surface area contributed by atoms with Crippen molar-refractivity contribution >= 4 is 0 Å². The molecule has 0 aromatic carbocycles. The van der Waals surface area contributed by atoms with Crippen molar-refractivity contribution < 1.29 is 0 Å². The lowest BCUT2D eigenvalue weighted by atomic mass is 9.85. The van der Waals surface area contributed by atoms with Gasteiger partial charge in [-0.2, -0.15) is 0 Å². The maximum Gasteiger partial charge on any atom is 0.0123 e. The summed E-state index contributed by atoms with van der Waals surface area (Å²) in [6.45, 7) is 10.4. The minimum atomic E-state index is 0.303. The van der Waals surface area contributed by atoms with Crippen LogP contribution in [0.5, 0.6) is 0 Å². The number of hydrogen-bond donors (Lipinski definition) is 1. The van der Waals surface area contributed by atoms with E-state index in [1.807, 2.05) is 0 Å². The average Bonchev–Trinajstić information content (AvgIpc) is 2.11. The van der Waals surface area contributed by atoms with Gasteiger partial charge in [0.05, 0.1) is 0 Å². The Bertz CT molecular complexity index is 173. The molecule has 1 aliphatic carbocycles. The SMILES string of the molecule is CCC(C)(C)NCCN(C)CC1CCC1. The highest BCUT2D eigenvalue weighted by atomic mass is 15.1. The Morgan fingerprint density at radius 1 is 1.33 bits per heavy atom. The van der Waals surface area contributed by atoms with Gasteiger partial charge in [-0.05, 0) is 46.1 Å². The third kappa shape index (κ3) is 4.98. The van der Waals surface area contributed by atoms with Gasteiger partial charge in [-0.15, -0.1) is 0 Å². The van der Waals surface area contributed by atoms with Gasteiger partial charge in [0.15, 0.2) is 0 Å². The van der Waals surface area contributed by atoms with Crippen molar-refractivity contribution in [1.29, 1.82) is 0 Å². The number of hydrogen-bond acceptors (Lipinski definition) is 2. The third-order valence-electron chi connectivity index (χ3n) is 3.78. The predicted molar refractivity (Wildman–Crippen MR) is 67.2 cm³/mol. The highest BCUT2D eigenvalue weighted by molar-refractivity contribution is 4.76. The second-order valence-electron chi connectivity index (χ2n) is 5.72. The van der Waals surface area contributed by atoms with Gasteiger partial charge < -0.3 is 10.2 Å². The molecule has 0 saturated heterocycles. The molecule has 0 aromatic rings. The van der Waals surface area contributed by atoms with Crippen LogP contribution in [-0.2, 0) is 0 Å². The Kier molecular flexibility index (Phi) is 5.07. The van der Waals surface area contributed by atoms with Crippen molar-refractivity contribution in [2.24, 2.45) is 5.92 Å². The lowest BCUT2D eigenvalue weighted by molar-refractivity contribution is 0.201. The van der Waals surface area contributed by atoms with Crippen molar-refractivity contribution in [3.8, 4) is 0 Å². The van der Waals surface area contributed by atoms with E-state index in [0.29, 0.717) is 5.54 Å². The topological polar surface area (TPSA) is 15.3 Å². The fourth-order valence-electron chi connectivity index (χ4n) is 1.92. The van der Waals surface area contributed by atoms with Crippen LogP contribution in [-0.4, -0.2) is 37.1 Å². The Hall–Kier alpha value is -0.0800. The minimum absolute atomic E-state index is 0.303. The Morgan fingerprint density at radius 3 is 2.47 bits per heavy atom. The standard InChI is InChI=1S/C13H28N2/c1-5-13(2,3)14-9-10-15(4)11-12-7-6-8-12/h12,14H,5-11H2,1-4H3. The van der Waals surface area contributed by atoms with Crippen molar-refractivity contribution in [3.05, 3.63) is 0 Å². The summed E-state index contributed by atoms with van der Waals surface area (Å²) in [5.41, 5.74) is 0.303. The van der Waals surface area contributed by atoms with Crippen LogP contribution >= 0.6 is 0 Å². The molecule has 0 aromatic heterocycles. The van der Waals surface area contributed by atoms with E-state index in [0.717, 1.165) is 12.5 Å². The van der Waals surface area contributed by atoms with E-state index in [4.69, 9.17) is 0 Å². The summed E-state index contributed by atoms with van der Waals surface area (Å²) in [7, 11) is 2.25. The lowest BCUT2D eigenvalue weighted by Gasteiger charge is -2.31. The zero-order chi connectivity index (χ0) is 11.3. The summed E-state index contributed by atoms with van der Waals surface area (Å²) in [6.07, 6.45) is 5.56. The Labute approximate surface area is 95.4 Å². The first-order chi connectivity index (χ1) is 7.03. The summed E-state index contributed by atoms with van der Waals surface area (Å²) in [4.78, 5) is 2.47. The van der Waals surface area contributed by atoms with Gasteiger partial charge in [0, 0.05) is 25.2 Å². The zero-order valence-corrected chi connectivity index (χ0v) is 11.0. The summed E-state index contributed by atoms with van der Waals surface area (Å²) in [5, 5.41) is 3.61. The first kappa shape index (κ1) is 13.0. The summed E-state index contributed by atoms with van der Waals surface area (Å²) in [6, 6.07) is 0. The average molecular weight is 212 g/mol. The molecule has 0 amide bonds. The molecule has 0 aliphatic heterocycles. The second-order valence-corrected chi connectivity index (χ2v) is 5.72. The van der Waals surface area contributed by atoms with Crippen LogP contribution in [0.15, 0.2) is 0 Å².